The van der Waals surface area contributed by atoms with E-state index in [4.69, 9.17) is 0 Å². The van der Waals surface area contributed by atoms with Crippen molar-refractivity contribution in [2.24, 2.45) is 0 Å². The summed E-state index contributed by atoms with van der Waals surface area (Å²) in [4.78, 5) is 13.7. The molecule has 4 rings (SSSR count). The quantitative estimate of drug-likeness (QED) is 0.516. The number of hydrogen-bond donors (Lipinski definition) is 0. The van der Waals surface area contributed by atoms with E-state index in [2.05, 4.69) is 110 Å². The van der Waals surface area contributed by atoms with E-state index in [0.29, 0.717) is 6.67 Å². The molecule has 4 heteroatoms. The van der Waals surface area contributed by atoms with Crippen LogP contribution in [0.1, 0.15) is 52.7 Å². The fraction of sp³-hybridized carbons (Fsp3) is 0.360. The van der Waals surface area contributed by atoms with Crippen LogP contribution < -0.4 is 9.80 Å². The lowest BCUT2D eigenvalue weighted by Crippen LogP contribution is -2.24. The van der Waals surface area contributed by atoms with Crippen LogP contribution in [0.2, 0.25) is 0 Å². The van der Waals surface area contributed by atoms with E-state index < -0.39 is 0 Å². The van der Waals surface area contributed by atoms with Crippen LogP contribution in [0.15, 0.2) is 60.9 Å². The second-order valence-electron chi connectivity index (χ2n) is 9.79. The van der Waals surface area contributed by atoms with Gasteiger partial charge in [-0.2, -0.15) is 0 Å². The smallest absolute Gasteiger partial charge is 0.178 e. The van der Waals surface area contributed by atoms with Crippen LogP contribution in [0, 0.1) is 0 Å². The zero-order valence-corrected chi connectivity index (χ0v) is 18.3. The SMILES string of the molecule is CC(C)(C)c1ccc(N2CN(c3ccc(C(C)(C)C)cc3)c3nccnc32)cc1. The lowest BCUT2D eigenvalue weighted by Gasteiger charge is -2.24. The Hall–Kier alpha value is -2.88. The number of hydrogen-bond acceptors (Lipinski definition) is 4. The average molecular weight is 387 g/mol. The molecule has 0 spiro atoms. The molecule has 150 valence electrons. The fourth-order valence-electron chi connectivity index (χ4n) is 3.67. The van der Waals surface area contributed by atoms with Gasteiger partial charge >= 0.3 is 0 Å². The maximum absolute atomic E-state index is 4.64. The van der Waals surface area contributed by atoms with Gasteiger partial charge in [-0.25, -0.2) is 9.97 Å². The van der Waals surface area contributed by atoms with Crippen molar-refractivity contribution in [1.82, 2.24) is 9.97 Å². The van der Waals surface area contributed by atoms with Crippen LogP contribution in [-0.2, 0) is 10.8 Å². The number of rotatable bonds is 2. The van der Waals surface area contributed by atoms with Gasteiger partial charge in [0.15, 0.2) is 11.6 Å². The highest BCUT2D eigenvalue weighted by Crippen LogP contribution is 2.41. The van der Waals surface area contributed by atoms with Crippen molar-refractivity contribution in [3.8, 4) is 0 Å². The van der Waals surface area contributed by atoms with E-state index in [1.807, 2.05) is 0 Å². The van der Waals surface area contributed by atoms with E-state index in [-0.39, 0.29) is 10.8 Å². The predicted octanol–water partition coefficient (Wildman–Crippen LogP) is 6.32. The molecule has 0 amide bonds. The second-order valence-corrected chi connectivity index (χ2v) is 9.79. The first-order valence-corrected chi connectivity index (χ1v) is 10.2. The summed E-state index contributed by atoms with van der Waals surface area (Å²) in [6.45, 7) is 14.1. The third-order valence-electron chi connectivity index (χ3n) is 5.54. The molecular weight excluding hydrogens is 356 g/mol. The zero-order valence-electron chi connectivity index (χ0n) is 18.3. The van der Waals surface area contributed by atoms with E-state index in [9.17, 15) is 0 Å². The lowest BCUT2D eigenvalue weighted by atomic mass is 9.87. The Bertz CT molecular complexity index is 910. The number of fused-ring (bicyclic) bond motifs is 1. The Kier molecular flexibility index (Phi) is 4.60. The Morgan fingerprint density at radius 1 is 0.586 bits per heavy atom. The molecule has 0 saturated carbocycles. The molecule has 4 nitrogen and oxygen atoms in total. The summed E-state index contributed by atoms with van der Waals surface area (Å²) in [7, 11) is 0. The minimum Gasteiger partial charge on any atom is -0.305 e. The van der Waals surface area contributed by atoms with Crippen molar-refractivity contribution < 1.29 is 0 Å². The van der Waals surface area contributed by atoms with Crippen molar-refractivity contribution >= 4 is 23.0 Å². The number of benzene rings is 2. The Morgan fingerprint density at radius 2 is 0.931 bits per heavy atom. The fourth-order valence-corrected chi connectivity index (χ4v) is 3.67. The van der Waals surface area contributed by atoms with Crippen LogP contribution in [0.5, 0.6) is 0 Å². The maximum atomic E-state index is 4.64. The molecular formula is C25H30N4. The zero-order chi connectivity index (χ0) is 20.8. The highest BCUT2D eigenvalue weighted by atomic mass is 15.4. The molecule has 0 N–H and O–H groups in total. The van der Waals surface area contributed by atoms with Gasteiger partial charge in [0.25, 0.3) is 0 Å². The van der Waals surface area contributed by atoms with Gasteiger partial charge in [0.2, 0.25) is 0 Å². The molecule has 0 saturated heterocycles. The van der Waals surface area contributed by atoms with Crippen LogP contribution >= 0.6 is 0 Å². The molecule has 0 aliphatic carbocycles. The highest BCUT2D eigenvalue weighted by molar-refractivity contribution is 5.81. The van der Waals surface area contributed by atoms with Crippen molar-refractivity contribution in [3.05, 3.63) is 72.1 Å². The lowest BCUT2D eigenvalue weighted by molar-refractivity contribution is 0.590. The molecule has 0 radical (unpaired) electrons. The predicted molar refractivity (Wildman–Crippen MR) is 121 cm³/mol. The molecule has 2 heterocycles. The Balaban J connectivity index is 1.68. The standard InChI is InChI=1S/C25H30N4/c1-24(2,3)18-7-11-20(12-8-18)28-17-29(23-22(28)26-15-16-27-23)21-13-9-19(10-14-21)25(4,5)6/h7-16H,17H2,1-6H3. The second kappa shape index (κ2) is 6.87. The monoisotopic (exact) mass is 386 g/mol. The molecule has 0 fully saturated rings. The van der Waals surface area contributed by atoms with Gasteiger partial charge in [-0.1, -0.05) is 65.8 Å². The summed E-state index contributed by atoms with van der Waals surface area (Å²) in [6.07, 6.45) is 3.53. The summed E-state index contributed by atoms with van der Waals surface area (Å²) < 4.78 is 0. The molecule has 1 aliphatic rings. The molecule has 1 aliphatic heterocycles. The maximum Gasteiger partial charge on any atom is 0.178 e. The van der Waals surface area contributed by atoms with E-state index in [0.717, 1.165) is 23.0 Å². The van der Waals surface area contributed by atoms with Crippen molar-refractivity contribution in [3.63, 3.8) is 0 Å². The molecule has 2 aromatic carbocycles. The van der Waals surface area contributed by atoms with E-state index in [1.54, 1.807) is 12.4 Å². The number of anilines is 4. The first-order valence-electron chi connectivity index (χ1n) is 10.2. The summed E-state index contributed by atoms with van der Waals surface area (Å²) in [5.74, 6) is 1.80. The van der Waals surface area contributed by atoms with E-state index >= 15 is 0 Å². The molecule has 1 aromatic heterocycles. The van der Waals surface area contributed by atoms with Crippen LogP contribution in [0.4, 0.5) is 23.0 Å². The largest absolute Gasteiger partial charge is 0.305 e. The summed E-state index contributed by atoms with van der Waals surface area (Å²) in [6, 6.07) is 17.6. The molecule has 0 atom stereocenters. The minimum absolute atomic E-state index is 0.141. The van der Waals surface area contributed by atoms with Gasteiger partial charge in [0.1, 0.15) is 6.67 Å². The first-order chi connectivity index (χ1) is 13.6. The Labute approximate surface area is 174 Å². The van der Waals surface area contributed by atoms with Gasteiger partial charge < -0.3 is 9.80 Å². The molecule has 3 aromatic rings. The van der Waals surface area contributed by atoms with Gasteiger partial charge in [-0.3, -0.25) is 0 Å². The Morgan fingerprint density at radius 3 is 1.24 bits per heavy atom. The van der Waals surface area contributed by atoms with Crippen molar-refractivity contribution in [1.29, 1.82) is 0 Å². The van der Waals surface area contributed by atoms with Gasteiger partial charge in [0.05, 0.1) is 0 Å². The normalized spacial score (nSPS) is 14.3. The third kappa shape index (κ3) is 3.71. The molecule has 29 heavy (non-hydrogen) atoms. The average Bonchev–Trinajstić information content (AvgIpc) is 3.07. The summed E-state index contributed by atoms with van der Waals surface area (Å²) >= 11 is 0. The third-order valence-corrected chi connectivity index (χ3v) is 5.54. The number of nitrogens with zero attached hydrogens (tertiary/aromatic N) is 4. The van der Waals surface area contributed by atoms with E-state index in [1.165, 1.54) is 11.1 Å². The first kappa shape index (κ1) is 19.4. The molecule has 0 bridgehead atoms. The summed E-state index contributed by atoms with van der Waals surface area (Å²) in [5.41, 5.74) is 5.20. The van der Waals surface area contributed by atoms with Crippen LogP contribution in [-0.4, -0.2) is 16.6 Å². The van der Waals surface area contributed by atoms with Gasteiger partial charge in [-0.15, -0.1) is 0 Å². The van der Waals surface area contributed by atoms with Crippen molar-refractivity contribution in [2.45, 2.75) is 52.4 Å². The van der Waals surface area contributed by atoms with Gasteiger partial charge in [-0.05, 0) is 46.2 Å². The topological polar surface area (TPSA) is 32.3 Å². The minimum atomic E-state index is 0.141. The van der Waals surface area contributed by atoms with Gasteiger partial charge in [0, 0.05) is 23.8 Å². The van der Waals surface area contributed by atoms with Crippen molar-refractivity contribution in [2.75, 3.05) is 16.5 Å². The summed E-state index contributed by atoms with van der Waals surface area (Å²) in [5, 5.41) is 0. The molecule has 0 unspecified atom stereocenters. The van der Waals surface area contributed by atoms with Crippen LogP contribution in [0.3, 0.4) is 0 Å². The highest BCUT2D eigenvalue weighted by Gasteiger charge is 2.31. The number of aromatic nitrogens is 2. The van der Waals surface area contributed by atoms with Crippen LogP contribution in [0.25, 0.3) is 0 Å².